The van der Waals surface area contributed by atoms with E-state index in [2.05, 4.69) is 51.0 Å². The van der Waals surface area contributed by atoms with E-state index in [9.17, 15) is 0 Å². The topological polar surface area (TPSA) is 24.9 Å². The maximum atomic E-state index is 4.65. The van der Waals surface area contributed by atoms with E-state index in [4.69, 9.17) is 0 Å². The first-order chi connectivity index (χ1) is 9.99. The van der Waals surface area contributed by atoms with E-state index < -0.39 is 0 Å². The molecule has 21 heavy (non-hydrogen) atoms. The molecule has 2 heteroatoms. The maximum Gasteiger partial charge on any atom is 0.0426 e. The van der Waals surface area contributed by atoms with Crippen molar-refractivity contribution in [2.75, 3.05) is 0 Å². The predicted octanol–water partition coefficient (Wildman–Crippen LogP) is 5.02. The smallest absolute Gasteiger partial charge is 0.0426 e. The molecule has 0 aromatic carbocycles. The van der Waals surface area contributed by atoms with Gasteiger partial charge in [-0.15, -0.1) is 0 Å². The zero-order chi connectivity index (χ0) is 15.4. The van der Waals surface area contributed by atoms with Crippen molar-refractivity contribution < 1.29 is 0 Å². The molecule has 2 rings (SSSR count). The number of pyridine rings is 1. The summed E-state index contributed by atoms with van der Waals surface area (Å²) in [6.45, 7) is 11.1. The summed E-state index contributed by atoms with van der Waals surface area (Å²) in [4.78, 5) is 4.65. The lowest BCUT2D eigenvalue weighted by atomic mass is 9.91. The van der Waals surface area contributed by atoms with Crippen molar-refractivity contribution >= 4 is 0 Å². The summed E-state index contributed by atoms with van der Waals surface area (Å²) in [5, 5.41) is 3.85. The maximum absolute atomic E-state index is 4.65. The number of nitrogens with zero attached hydrogens (tertiary/aromatic N) is 1. The minimum atomic E-state index is 0.386. The Kier molecular flexibility index (Phi) is 5.80. The molecular weight excluding hydrogens is 256 g/mol. The molecule has 1 aliphatic carbocycles. The first kappa shape index (κ1) is 16.5. The van der Waals surface area contributed by atoms with E-state index in [1.165, 1.54) is 55.3 Å². The molecule has 1 unspecified atom stereocenters. The highest BCUT2D eigenvalue weighted by Gasteiger charge is 2.22. The van der Waals surface area contributed by atoms with Gasteiger partial charge in [0, 0.05) is 23.5 Å². The fraction of sp³-hybridized carbons (Fsp3) is 0.737. The highest BCUT2D eigenvalue weighted by atomic mass is 15.0. The van der Waals surface area contributed by atoms with Crippen molar-refractivity contribution in [2.45, 2.75) is 85.2 Å². The molecule has 1 N–H and O–H groups in total. The third-order valence-corrected chi connectivity index (χ3v) is 5.14. The van der Waals surface area contributed by atoms with E-state index in [1.807, 2.05) is 0 Å². The van der Waals surface area contributed by atoms with E-state index >= 15 is 0 Å². The molecule has 1 heterocycles. The van der Waals surface area contributed by atoms with Crippen LogP contribution in [0.3, 0.4) is 0 Å². The minimum absolute atomic E-state index is 0.386. The Labute approximate surface area is 130 Å². The molecule has 1 aliphatic rings. The van der Waals surface area contributed by atoms with Gasteiger partial charge in [0.15, 0.2) is 0 Å². The van der Waals surface area contributed by atoms with Gasteiger partial charge in [-0.25, -0.2) is 0 Å². The van der Waals surface area contributed by atoms with Crippen molar-refractivity contribution in [3.63, 3.8) is 0 Å². The molecule has 0 saturated heterocycles. The summed E-state index contributed by atoms with van der Waals surface area (Å²) in [5.41, 5.74) is 5.06. The Morgan fingerprint density at radius 1 is 1.05 bits per heavy atom. The summed E-state index contributed by atoms with van der Waals surface area (Å²) in [5.74, 6) is 0.842. The van der Waals surface area contributed by atoms with Crippen molar-refractivity contribution in [1.82, 2.24) is 10.3 Å². The quantitative estimate of drug-likeness (QED) is 0.787. The number of hydrogen-bond donors (Lipinski definition) is 1. The third-order valence-electron chi connectivity index (χ3n) is 5.14. The molecule has 2 atom stereocenters. The van der Waals surface area contributed by atoms with Crippen LogP contribution in [-0.2, 0) is 0 Å². The van der Waals surface area contributed by atoms with Gasteiger partial charge in [-0.1, -0.05) is 25.7 Å². The number of nitrogens with one attached hydrogen (secondary N) is 1. The number of hydrogen-bond acceptors (Lipinski definition) is 2. The Morgan fingerprint density at radius 3 is 2.24 bits per heavy atom. The highest BCUT2D eigenvalue weighted by molar-refractivity contribution is 5.33. The van der Waals surface area contributed by atoms with Crippen molar-refractivity contribution in [2.24, 2.45) is 5.92 Å². The lowest BCUT2D eigenvalue weighted by molar-refractivity contribution is 0.315. The summed E-state index contributed by atoms with van der Waals surface area (Å²) in [6.07, 6.45) is 8.47. The van der Waals surface area contributed by atoms with Crippen molar-refractivity contribution in [3.8, 4) is 0 Å². The van der Waals surface area contributed by atoms with Crippen LogP contribution in [0.5, 0.6) is 0 Å². The Bertz CT molecular complexity index is 436. The Morgan fingerprint density at radius 2 is 1.67 bits per heavy atom. The van der Waals surface area contributed by atoms with Gasteiger partial charge >= 0.3 is 0 Å². The van der Waals surface area contributed by atoms with Crippen LogP contribution in [0.25, 0.3) is 0 Å². The van der Waals surface area contributed by atoms with E-state index in [-0.39, 0.29) is 0 Å². The number of aromatic nitrogens is 1. The van der Waals surface area contributed by atoms with E-state index in [0.29, 0.717) is 12.1 Å². The largest absolute Gasteiger partial charge is 0.307 e. The first-order valence-corrected chi connectivity index (χ1v) is 8.70. The van der Waals surface area contributed by atoms with Crippen LogP contribution in [0.2, 0.25) is 0 Å². The summed E-state index contributed by atoms with van der Waals surface area (Å²) in [6, 6.07) is 3.19. The van der Waals surface area contributed by atoms with Crippen molar-refractivity contribution in [1.29, 1.82) is 0 Å². The van der Waals surface area contributed by atoms with Gasteiger partial charge in [0.1, 0.15) is 0 Å². The molecule has 1 aromatic heterocycles. The average Bonchev–Trinajstić information content (AvgIpc) is 2.65. The second kappa shape index (κ2) is 7.40. The lowest BCUT2D eigenvalue weighted by Crippen LogP contribution is -2.36. The zero-order valence-electron chi connectivity index (χ0n) is 14.5. The SMILES string of the molecule is Cc1cc(C)c(C(C)N[C@H](C)C2CCCCCC2)c(C)n1. The van der Waals surface area contributed by atoms with Gasteiger partial charge in [0.25, 0.3) is 0 Å². The van der Waals surface area contributed by atoms with Crippen LogP contribution in [0.4, 0.5) is 0 Å². The number of aryl methyl sites for hydroxylation is 3. The molecule has 0 spiro atoms. The van der Waals surface area contributed by atoms with Crippen LogP contribution in [0.1, 0.15) is 80.9 Å². The van der Waals surface area contributed by atoms with Gasteiger partial charge in [0.05, 0.1) is 0 Å². The molecule has 118 valence electrons. The normalized spacial score (nSPS) is 20.0. The summed E-state index contributed by atoms with van der Waals surface area (Å²) in [7, 11) is 0. The summed E-state index contributed by atoms with van der Waals surface area (Å²) >= 11 is 0. The van der Waals surface area contributed by atoms with Crippen LogP contribution < -0.4 is 5.32 Å². The molecule has 0 aliphatic heterocycles. The van der Waals surface area contributed by atoms with Gasteiger partial charge in [-0.3, -0.25) is 4.98 Å². The Hall–Kier alpha value is -0.890. The molecule has 0 amide bonds. The standard InChI is InChI=1S/C19H32N2/c1-13-12-14(2)20-16(4)19(13)17(5)21-15(3)18-10-8-6-7-9-11-18/h12,15,17-18,21H,6-11H2,1-5H3/t15-,17?/m1/s1. The predicted molar refractivity (Wildman–Crippen MR) is 90.7 cm³/mol. The third kappa shape index (κ3) is 4.29. The Balaban J connectivity index is 2.05. The van der Waals surface area contributed by atoms with Crippen molar-refractivity contribution in [3.05, 3.63) is 28.6 Å². The molecule has 0 radical (unpaired) electrons. The first-order valence-electron chi connectivity index (χ1n) is 8.70. The van der Waals surface area contributed by atoms with Crippen LogP contribution in [0, 0.1) is 26.7 Å². The minimum Gasteiger partial charge on any atom is -0.307 e. The fourth-order valence-electron chi connectivity index (χ4n) is 4.11. The van der Waals surface area contributed by atoms with Gasteiger partial charge in [-0.2, -0.15) is 0 Å². The van der Waals surface area contributed by atoms with Gasteiger partial charge in [-0.05, 0) is 70.6 Å². The van der Waals surface area contributed by atoms with Gasteiger partial charge in [0.2, 0.25) is 0 Å². The lowest BCUT2D eigenvalue weighted by Gasteiger charge is -2.28. The molecule has 1 saturated carbocycles. The molecule has 1 fully saturated rings. The second-order valence-corrected chi connectivity index (χ2v) is 7.01. The number of rotatable bonds is 4. The van der Waals surface area contributed by atoms with E-state index in [0.717, 1.165) is 11.6 Å². The molecule has 0 bridgehead atoms. The summed E-state index contributed by atoms with van der Waals surface area (Å²) < 4.78 is 0. The van der Waals surface area contributed by atoms with E-state index in [1.54, 1.807) is 0 Å². The molecule has 1 aromatic rings. The average molecular weight is 288 g/mol. The van der Waals surface area contributed by atoms with Crippen LogP contribution >= 0.6 is 0 Å². The monoisotopic (exact) mass is 288 g/mol. The zero-order valence-corrected chi connectivity index (χ0v) is 14.5. The fourth-order valence-corrected chi connectivity index (χ4v) is 4.11. The molecular formula is C19H32N2. The van der Waals surface area contributed by atoms with Gasteiger partial charge < -0.3 is 5.32 Å². The van der Waals surface area contributed by atoms with Crippen LogP contribution in [-0.4, -0.2) is 11.0 Å². The molecule has 2 nitrogen and oxygen atoms in total. The van der Waals surface area contributed by atoms with Crippen LogP contribution in [0.15, 0.2) is 6.07 Å². The highest BCUT2D eigenvalue weighted by Crippen LogP contribution is 2.28. The second-order valence-electron chi connectivity index (χ2n) is 7.01.